The summed E-state index contributed by atoms with van der Waals surface area (Å²) in [5.74, 6) is 1.58. The molecule has 2 unspecified atom stereocenters. The van der Waals surface area contributed by atoms with E-state index in [0.717, 1.165) is 18.9 Å². The van der Waals surface area contributed by atoms with Crippen molar-refractivity contribution < 1.29 is 0 Å². The topological polar surface area (TPSA) is 36.4 Å². The quantitative estimate of drug-likeness (QED) is 0.615. The smallest absolute Gasteiger partial charge is 0.191 e. The van der Waals surface area contributed by atoms with Crippen LogP contribution in [0.4, 0.5) is 0 Å². The normalized spacial score (nSPS) is 23.3. The van der Waals surface area contributed by atoms with Gasteiger partial charge in [0.05, 0.1) is 0 Å². The highest BCUT2D eigenvalue weighted by Gasteiger charge is 2.38. The number of guanidine groups is 1. The first-order valence-electron chi connectivity index (χ1n) is 6.37. The van der Waals surface area contributed by atoms with Crippen molar-refractivity contribution in [3.8, 4) is 0 Å². The fraction of sp³-hybridized carbons (Fsp3) is 0.500. The van der Waals surface area contributed by atoms with Crippen LogP contribution in [0.1, 0.15) is 31.2 Å². The van der Waals surface area contributed by atoms with E-state index in [-0.39, 0.29) is 0 Å². The summed E-state index contributed by atoms with van der Waals surface area (Å²) >= 11 is 0. The van der Waals surface area contributed by atoms with Gasteiger partial charge < -0.3 is 10.6 Å². The number of rotatable bonds is 4. The zero-order chi connectivity index (χ0) is 12.1. The fourth-order valence-electron chi connectivity index (χ4n) is 2.04. The van der Waals surface area contributed by atoms with E-state index in [1.807, 2.05) is 7.05 Å². The van der Waals surface area contributed by atoms with E-state index in [2.05, 4.69) is 52.9 Å². The first-order valence-corrected chi connectivity index (χ1v) is 6.37. The van der Waals surface area contributed by atoms with Crippen molar-refractivity contribution in [2.24, 2.45) is 4.99 Å². The van der Waals surface area contributed by atoms with Crippen LogP contribution in [-0.4, -0.2) is 25.6 Å². The summed E-state index contributed by atoms with van der Waals surface area (Å²) in [6.07, 6.45) is 2.32. The molecule has 1 aliphatic carbocycles. The van der Waals surface area contributed by atoms with E-state index >= 15 is 0 Å². The molecule has 0 spiro atoms. The van der Waals surface area contributed by atoms with Gasteiger partial charge in [-0.05, 0) is 18.4 Å². The van der Waals surface area contributed by atoms with Crippen LogP contribution < -0.4 is 10.6 Å². The molecule has 1 aromatic carbocycles. The third-order valence-electron chi connectivity index (χ3n) is 3.11. The first-order chi connectivity index (χ1) is 8.35. The summed E-state index contributed by atoms with van der Waals surface area (Å²) < 4.78 is 0. The number of nitrogens with one attached hydrogen (secondary N) is 2. The van der Waals surface area contributed by atoms with Gasteiger partial charge in [0.1, 0.15) is 0 Å². The molecule has 2 atom stereocenters. The molecule has 0 heterocycles. The Balaban J connectivity index is 1.83. The van der Waals surface area contributed by atoms with Crippen LogP contribution in [-0.2, 0) is 0 Å². The summed E-state index contributed by atoms with van der Waals surface area (Å²) in [7, 11) is 1.82. The van der Waals surface area contributed by atoms with Gasteiger partial charge in [-0.1, -0.05) is 37.3 Å². The van der Waals surface area contributed by atoms with Crippen molar-refractivity contribution in [1.29, 1.82) is 0 Å². The summed E-state index contributed by atoms with van der Waals surface area (Å²) in [5, 5.41) is 6.76. The van der Waals surface area contributed by atoms with Crippen LogP contribution in [0, 0.1) is 0 Å². The van der Waals surface area contributed by atoms with Crippen LogP contribution in [0.25, 0.3) is 0 Å². The molecule has 1 aromatic rings. The Morgan fingerprint density at radius 3 is 2.76 bits per heavy atom. The molecule has 0 aromatic heterocycles. The average molecular weight is 231 g/mol. The van der Waals surface area contributed by atoms with Gasteiger partial charge in [-0.15, -0.1) is 0 Å². The molecule has 3 heteroatoms. The van der Waals surface area contributed by atoms with Crippen molar-refractivity contribution >= 4 is 5.96 Å². The molecule has 0 bridgehead atoms. The minimum atomic E-state index is 0.542. The lowest BCUT2D eigenvalue weighted by Gasteiger charge is -2.10. The van der Waals surface area contributed by atoms with Gasteiger partial charge in [0, 0.05) is 25.6 Å². The zero-order valence-electron chi connectivity index (χ0n) is 10.6. The lowest BCUT2D eigenvalue weighted by atomic mass is 10.1. The molecule has 3 nitrogen and oxygen atoms in total. The molecule has 0 radical (unpaired) electrons. The highest BCUT2D eigenvalue weighted by molar-refractivity contribution is 5.80. The van der Waals surface area contributed by atoms with Crippen molar-refractivity contribution in [3.05, 3.63) is 35.9 Å². The summed E-state index contributed by atoms with van der Waals surface area (Å²) in [6, 6.07) is 11.2. The van der Waals surface area contributed by atoms with Gasteiger partial charge >= 0.3 is 0 Å². The second kappa shape index (κ2) is 5.71. The van der Waals surface area contributed by atoms with E-state index in [0.29, 0.717) is 12.0 Å². The van der Waals surface area contributed by atoms with Crippen LogP contribution in [0.5, 0.6) is 0 Å². The monoisotopic (exact) mass is 231 g/mol. The Labute approximate surface area is 103 Å². The number of aliphatic imine (C=N–C) groups is 1. The van der Waals surface area contributed by atoms with E-state index in [1.165, 1.54) is 12.0 Å². The molecular formula is C14H21N3. The van der Waals surface area contributed by atoms with Crippen LogP contribution in [0.15, 0.2) is 35.3 Å². The molecule has 2 N–H and O–H groups in total. The van der Waals surface area contributed by atoms with Crippen LogP contribution in [0.3, 0.4) is 0 Å². The second-order valence-electron chi connectivity index (χ2n) is 4.50. The Morgan fingerprint density at radius 2 is 2.12 bits per heavy atom. The lowest BCUT2D eigenvalue weighted by Crippen LogP contribution is -2.39. The average Bonchev–Trinajstić information content (AvgIpc) is 3.15. The largest absolute Gasteiger partial charge is 0.356 e. The maximum atomic E-state index is 4.23. The maximum Gasteiger partial charge on any atom is 0.191 e. The molecule has 92 valence electrons. The molecule has 0 aliphatic heterocycles. The molecule has 2 rings (SSSR count). The van der Waals surface area contributed by atoms with Crippen molar-refractivity contribution in [2.45, 2.75) is 31.7 Å². The molecule has 1 saturated carbocycles. The lowest BCUT2D eigenvalue weighted by molar-refractivity contribution is 0.769. The zero-order valence-corrected chi connectivity index (χ0v) is 10.6. The van der Waals surface area contributed by atoms with E-state index in [9.17, 15) is 0 Å². The third-order valence-corrected chi connectivity index (χ3v) is 3.11. The molecule has 1 aliphatic rings. The summed E-state index contributed by atoms with van der Waals surface area (Å²) in [5.41, 5.74) is 1.43. The number of benzene rings is 1. The highest BCUT2D eigenvalue weighted by atomic mass is 15.2. The Bertz CT molecular complexity index is 372. The molecule has 17 heavy (non-hydrogen) atoms. The summed E-state index contributed by atoms with van der Waals surface area (Å²) in [6.45, 7) is 3.13. The molecular weight excluding hydrogens is 210 g/mol. The predicted octanol–water partition coefficient (Wildman–Crippen LogP) is 2.12. The van der Waals surface area contributed by atoms with Gasteiger partial charge in [0.2, 0.25) is 0 Å². The number of hydrogen-bond donors (Lipinski definition) is 2. The second-order valence-corrected chi connectivity index (χ2v) is 4.50. The fourth-order valence-corrected chi connectivity index (χ4v) is 2.04. The predicted molar refractivity (Wildman–Crippen MR) is 72.4 cm³/mol. The van der Waals surface area contributed by atoms with Gasteiger partial charge in [-0.25, -0.2) is 0 Å². The van der Waals surface area contributed by atoms with Crippen LogP contribution >= 0.6 is 0 Å². The van der Waals surface area contributed by atoms with E-state index < -0.39 is 0 Å². The first kappa shape index (κ1) is 12.0. The highest BCUT2D eigenvalue weighted by Crippen LogP contribution is 2.40. The number of hydrogen-bond acceptors (Lipinski definition) is 1. The number of nitrogens with zero attached hydrogens (tertiary/aromatic N) is 1. The standard InChI is InChI=1S/C14H21N3/c1-3-9-16-14(15-2)17-13-10-12(13)11-7-5-4-6-8-11/h4-8,12-13H,3,9-10H2,1-2H3,(H2,15,16,17). The van der Waals surface area contributed by atoms with Crippen molar-refractivity contribution in [2.75, 3.05) is 13.6 Å². The van der Waals surface area contributed by atoms with Gasteiger partial charge in [-0.3, -0.25) is 4.99 Å². The molecule has 0 saturated heterocycles. The van der Waals surface area contributed by atoms with Gasteiger partial charge in [0.25, 0.3) is 0 Å². The van der Waals surface area contributed by atoms with E-state index in [4.69, 9.17) is 0 Å². The maximum absolute atomic E-state index is 4.23. The minimum Gasteiger partial charge on any atom is -0.356 e. The Kier molecular flexibility index (Phi) is 4.02. The van der Waals surface area contributed by atoms with Crippen LogP contribution in [0.2, 0.25) is 0 Å². The van der Waals surface area contributed by atoms with Gasteiger partial charge in [-0.2, -0.15) is 0 Å². The Hall–Kier alpha value is -1.51. The Morgan fingerprint density at radius 1 is 1.35 bits per heavy atom. The van der Waals surface area contributed by atoms with Crippen molar-refractivity contribution in [1.82, 2.24) is 10.6 Å². The van der Waals surface area contributed by atoms with Gasteiger partial charge in [0.15, 0.2) is 5.96 Å². The SMILES string of the molecule is CCCNC(=NC)NC1CC1c1ccccc1. The molecule has 0 amide bonds. The summed E-state index contributed by atoms with van der Waals surface area (Å²) in [4.78, 5) is 4.23. The minimum absolute atomic E-state index is 0.542. The molecule has 1 fully saturated rings. The van der Waals surface area contributed by atoms with Crippen molar-refractivity contribution in [3.63, 3.8) is 0 Å². The third kappa shape index (κ3) is 3.22. The van der Waals surface area contributed by atoms with E-state index in [1.54, 1.807) is 0 Å².